The smallest absolute Gasteiger partial charge is 0.319 e. The first-order valence-corrected chi connectivity index (χ1v) is 6.08. The van der Waals surface area contributed by atoms with E-state index in [2.05, 4.69) is 10.6 Å². The number of anilines is 1. The van der Waals surface area contributed by atoms with Gasteiger partial charge in [-0.25, -0.2) is 4.79 Å². The van der Waals surface area contributed by atoms with Crippen molar-refractivity contribution in [2.24, 2.45) is 5.73 Å². The van der Waals surface area contributed by atoms with E-state index >= 15 is 0 Å². The maximum Gasteiger partial charge on any atom is 0.319 e. The SMILES string of the molecule is COc1ccccc1NC(=O)NC(C)CCCN. The van der Waals surface area contributed by atoms with E-state index in [1.807, 2.05) is 19.1 Å². The lowest BCUT2D eigenvalue weighted by atomic mass is 10.2. The molecule has 100 valence electrons. The van der Waals surface area contributed by atoms with Crippen LogP contribution in [-0.4, -0.2) is 25.7 Å². The van der Waals surface area contributed by atoms with Gasteiger partial charge in [0.2, 0.25) is 0 Å². The summed E-state index contributed by atoms with van der Waals surface area (Å²) in [4.78, 5) is 11.7. The fraction of sp³-hybridized carbons (Fsp3) is 0.462. The summed E-state index contributed by atoms with van der Waals surface area (Å²) in [6.45, 7) is 2.59. The van der Waals surface area contributed by atoms with Gasteiger partial charge in [-0.2, -0.15) is 0 Å². The maximum atomic E-state index is 11.7. The minimum atomic E-state index is -0.232. The number of carbonyl (C=O) groups excluding carboxylic acids is 1. The first kappa shape index (κ1) is 14.3. The molecule has 5 heteroatoms. The van der Waals surface area contributed by atoms with Crippen molar-refractivity contribution in [3.05, 3.63) is 24.3 Å². The summed E-state index contributed by atoms with van der Waals surface area (Å²) < 4.78 is 5.16. The van der Waals surface area contributed by atoms with Crippen LogP contribution in [-0.2, 0) is 0 Å². The van der Waals surface area contributed by atoms with Crippen LogP contribution in [0.5, 0.6) is 5.75 Å². The Morgan fingerprint density at radius 3 is 2.83 bits per heavy atom. The van der Waals surface area contributed by atoms with Crippen molar-refractivity contribution in [1.29, 1.82) is 0 Å². The van der Waals surface area contributed by atoms with E-state index in [4.69, 9.17) is 10.5 Å². The van der Waals surface area contributed by atoms with Gasteiger partial charge in [-0.3, -0.25) is 0 Å². The molecule has 0 bridgehead atoms. The quantitative estimate of drug-likeness (QED) is 0.723. The van der Waals surface area contributed by atoms with Crippen LogP contribution in [0.15, 0.2) is 24.3 Å². The van der Waals surface area contributed by atoms with Gasteiger partial charge in [0.15, 0.2) is 0 Å². The summed E-state index contributed by atoms with van der Waals surface area (Å²) in [7, 11) is 1.57. The van der Waals surface area contributed by atoms with E-state index in [1.54, 1.807) is 19.2 Å². The Morgan fingerprint density at radius 1 is 1.44 bits per heavy atom. The monoisotopic (exact) mass is 251 g/mol. The average Bonchev–Trinajstić information content (AvgIpc) is 2.36. The number of urea groups is 1. The van der Waals surface area contributed by atoms with Crippen LogP contribution in [0.2, 0.25) is 0 Å². The Hall–Kier alpha value is -1.75. The number of benzene rings is 1. The number of amides is 2. The average molecular weight is 251 g/mol. The second-order valence-corrected chi connectivity index (χ2v) is 4.13. The Kier molecular flexibility index (Phi) is 6.00. The normalized spacial score (nSPS) is 11.7. The second-order valence-electron chi connectivity index (χ2n) is 4.13. The summed E-state index contributed by atoms with van der Waals surface area (Å²) in [6.07, 6.45) is 1.77. The largest absolute Gasteiger partial charge is 0.495 e. The molecule has 4 N–H and O–H groups in total. The predicted molar refractivity (Wildman–Crippen MR) is 72.9 cm³/mol. The zero-order valence-electron chi connectivity index (χ0n) is 10.9. The maximum absolute atomic E-state index is 11.7. The number of rotatable bonds is 6. The number of nitrogens with two attached hydrogens (primary N) is 1. The zero-order valence-corrected chi connectivity index (χ0v) is 10.9. The van der Waals surface area contributed by atoms with Crippen molar-refractivity contribution in [3.8, 4) is 5.75 Å². The molecule has 1 atom stereocenters. The molecule has 0 fully saturated rings. The molecule has 1 rings (SSSR count). The molecule has 0 aliphatic carbocycles. The van der Waals surface area contributed by atoms with E-state index in [0.717, 1.165) is 12.8 Å². The Morgan fingerprint density at radius 2 is 2.17 bits per heavy atom. The minimum absolute atomic E-state index is 0.100. The van der Waals surface area contributed by atoms with Crippen molar-refractivity contribution in [1.82, 2.24) is 5.32 Å². The van der Waals surface area contributed by atoms with Crippen molar-refractivity contribution in [2.45, 2.75) is 25.8 Å². The molecule has 0 aliphatic heterocycles. The van der Waals surface area contributed by atoms with Gasteiger partial charge in [-0.1, -0.05) is 12.1 Å². The number of para-hydroxylation sites is 2. The highest BCUT2D eigenvalue weighted by molar-refractivity contribution is 5.91. The van der Waals surface area contributed by atoms with Crippen molar-refractivity contribution in [2.75, 3.05) is 19.0 Å². The minimum Gasteiger partial charge on any atom is -0.495 e. The third-order valence-corrected chi connectivity index (χ3v) is 2.57. The van der Waals surface area contributed by atoms with Crippen LogP contribution in [0.4, 0.5) is 10.5 Å². The molecular formula is C13H21N3O2. The van der Waals surface area contributed by atoms with Crippen LogP contribution >= 0.6 is 0 Å². The van der Waals surface area contributed by atoms with E-state index < -0.39 is 0 Å². The molecule has 0 heterocycles. The van der Waals surface area contributed by atoms with Crippen LogP contribution < -0.4 is 21.1 Å². The van der Waals surface area contributed by atoms with Gasteiger partial charge in [0, 0.05) is 6.04 Å². The molecule has 0 radical (unpaired) electrons. The molecule has 2 amide bonds. The molecule has 18 heavy (non-hydrogen) atoms. The molecule has 5 nitrogen and oxygen atoms in total. The van der Waals surface area contributed by atoms with Crippen molar-refractivity contribution in [3.63, 3.8) is 0 Å². The molecular weight excluding hydrogens is 230 g/mol. The highest BCUT2D eigenvalue weighted by Crippen LogP contribution is 2.22. The van der Waals surface area contributed by atoms with E-state index in [9.17, 15) is 4.79 Å². The highest BCUT2D eigenvalue weighted by Gasteiger charge is 2.09. The third kappa shape index (κ3) is 4.63. The second kappa shape index (κ2) is 7.55. The summed E-state index contributed by atoms with van der Waals surface area (Å²) in [5.41, 5.74) is 6.08. The Bertz CT molecular complexity index is 382. The molecule has 1 aromatic rings. The fourth-order valence-electron chi connectivity index (χ4n) is 1.63. The lowest BCUT2D eigenvalue weighted by molar-refractivity contribution is 0.248. The number of hydrogen-bond donors (Lipinski definition) is 3. The number of ether oxygens (including phenoxy) is 1. The van der Waals surface area contributed by atoms with Gasteiger partial charge < -0.3 is 21.1 Å². The van der Waals surface area contributed by atoms with Crippen LogP contribution in [0.1, 0.15) is 19.8 Å². The fourth-order valence-corrected chi connectivity index (χ4v) is 1.63. The molecule has 0 aliphatic rings. The van der Waals surface area contributed by atoms with Gasteiger partial charge in [-0.15, -0.1) is 0 Å². The Balaban J connectivity index is 2.49. The number of carbonyl (C=O) groups is 1. The number of methoxy groups -OCH3 is 1. The third-order valence-electron chi connectivity index (χ3n) is 2.57. The van der Waals surface area contributed by atoms with Gasteiger partial charge in [0.1, 0.15) is 5.75 Å². The topological polar surface area (TPSA) is 76.4 Å². The highest BCUT2D eigenvalue weighted by atomic mass is 16.5. The van der Waals surface area contributed by atoms with Crippen LogP contribution in [0, 0.1) is 0 Å². The van der Waals surface area contributed by atoms with E-state index in [0.29, 0.717) is 18.0 Å². The number of hydrogen-bond acceptors (Lipinski definition) is 3. The van der Waals surface area contributed by atoms with Crippen LogP contribution in [0.3, 0.4) is 0 Å². The summed E-state index contributed by atoms with van der Waals surface area (Å²) >= 11 is 0. The predicted octanol–water partition coefficient (Wildman–Crippen LogP) is 1.94. The number of nitrogens with one attached hydrogen (secondary N) is 2. The standard InChI is InChI=1S/C13H21N3O2/c1-10(6-5-9-14)15-13(17)16-11-7-3-4-8-12(11)18-2/h3-4,7-8,10H,5-6,9,14H2,1-2H3,(H2,15,16,17). The lowest BCUT2D eigenvalue weighted by Crippen LogP contribution is -2.36. The van der Waals surface area contributed by atoms with Gasteiger partial charge in [-0.05, 0) is 38.4 Å². The molecule has 0 saturated heterocycles. The Labute approximate surface area is 108 Å². The molecule has 0 aromatic heterocycles. The van der Waals surface area contributed by atoms with Gasteiger partial charge in [0.25, 0.3) is 0 Å². The van der Waals surface area contributed by atoms with E-state index in [1.165, 1.54) is 0 Å². The molecule has 1 unspecified atom stereocenters. The van der Waals surface area contributed by atoms with Crippen molar-refractivity contribution < 1.29 is 9.53 Å². The van der Waals surface area contributed by atoms with Crippen molar-refractivity contribution >= 4 is 11.7 Å². The molecule has 0 spiro atoms. The zero-order chi connectivity index (χ0) is 13.4. The molecule has 0 saturated carbocycles. The summed E-state index contributed by atoms with van der Waals surface area (Å²) in [6, 6.07) is 7.16. The van der Waals surface area contributed by atoms with Gasteiger partial charge in [0.05, 0.1) is 12.8 Å². The molecule has 1 aromatic carbocycles. The van der Waals surface area contributed by atoms with Gasteiger partial charge >= 0.3 is 6.03 Å². The summed E-state index contributed by atoms with van der Waals surface area (Å²) in [5, 5.41) is 5.62. The summed E-state index contributed by atoms with van der Waals surface area (Å²) in [5.74, 6) is 0.641. The lowest BCUT2D eigenvalue weighted by Gasteiger charge is -2.15. The van der Waals surface area contributed by atoms with E-state index in [-0.39, 0.29) is 12.1 Å². The first-order chi connectivity index (χ1) is 8.67. The van der Waals surface area contributed by atoms with Crippen LogP contribution in [0.25, 0.3) is 0 Å². The first-order valence-electron chi connectivity index (χ1n) is 6.08.